The molecule has 1 aromatic carbocycles. The first-order chi connectivity index (χ1) is 10.7. The van der Waals surface area contributed by atoms with Crippen molar-refractivity contribution in [3.8, 4) is 0 Å². The molecule has 0 aliphatic carbocycles. The van der Waals surface area contributed by atoms with Crippen LogP contribution < -0.4 is 5.32 Å². The van der Waals surface area contributed by atoms with Gasteiger partial charge in [-0.2, -0.15) is 0 Å². The zero-order valence-electron chi connectivity index (χ0n) is 14.1. The molecule has 0 saturated carbocycles. The summed E-state index contributed by atoms with van der Waals surface area (Å²) < 4.78 is 0. The number of hydrogen-bond acceptors (Lipinski definition) is 2. The maximum absolute atomic E-state index is 12.1. The fraction of sp³-hybridized carbons (Fsp3) is 0.632. The Hall–Kier alpha value is -1.35. The van der Waals surface area contributed by atoms with Gasteiger partial charge in [0.15, 0.2) is 0 Å². The second kappa shape index (κ2) is 8.94. The third kappa shape index (κ3) is 5.45. The predicted octanol–water partition coefficient (Wildman–Crippen LogP) is 3.25. The van der Waals surface area contributed by atoms with Crippen molar-refractivity contribution in [3.63, 3.8) is 0 Å². The molecule has 0 radical (unpaired) electrons. The monoisotopic (exact) mass is 302 g/mol. The van der Waals surface area contributed by atoms with Crippen molar-refractivity contribution >= 4 is 5.91 Å². The minimum atomic E-state index is 0.173. The summed E-state index contributed by atoms with van der Waals surface area (Å²) >= 11 is 0. The highest BCUT2D eigenvalue weighted by molar-refractivity contribution is 5.76. The van der Waals surface area contributed by atoms with Crippen LogP contribution in [0, 0.1) is 5.92 Å². The third-order valence-electron chi connectivity index (χ3n) is 4.62. The first kappa shape index (κ1) is 17.0. The summed E-state index contributed by atoms with van der Waals surface area (Å²) in [7, 11) is 0. The molecule has 1 heterocycles. The second-order valence-corrected chi connectivity index (χ2v) is 6.70. The van der Waals surface area contributed by atoms with Gasteiger partial charge in [0.1, 0.15) is 0 Å². The number of carbonyl (C=O) groups is 1. The van der Waals surface area contributed by atoms with Crippen LogP contribution >= 0.6 is 0 Å². The molecule has 1 fully saturated rings. The summed E-state index contributed by atoms with van der Waals surface area (Å²) in [4.78, 5) is 14.7. The first-order valence-corrected chi connectivity index (χ1v) is 8.71. The van der Waals surface area contributed by atoms with Gasteiger partial charge in [-0.1, -0.05) is 50.6 Å². The van der Waals surface area contributed by atoms with Crippen molar-refractivity contribution in [3.05, 3.63) is 35.9 Å². The van der Waals surface area contributed by atoms with Crippen LogP contribution in [0.25, 0.3) is 0 Å². The van der Waals surface area contributed by atoms with E-state index in [4.69, 9.17) is 0 Å². The number of amides is 1. The Kier molecular flexibility index (Phi) is 6.91. The first-order valence-electron chi connectivity index (χ1n) is 8.71. The molecule has 1 saturated heterocycles. The van der Waals surface area contributed by atoms with E-state index in [2.05, 4.69) is 36.2 Å². The number of piperidine rings is 1. The molecule has 1 aliphatic rings. The van der Waals surface area contributed by atoms with Gasteiger partial charge < -0.3 is 5.32 Å². The van der Waals surface area contributed by atoms with E-state index >= 15 is 0 Å². The molecule has 22 heavy (non-hydrogen) atoms. The van der Waals surface area contributed by atoms with Gasteiger partial charge in [-0.05, 0) is 43.8 Å². The van der Waals surface area contributed by atoms with Gasteiger partial charge >= 0.3 is 0 Å². The van der Waals surface area contributed by atoms with E-state index < -0.39 is 0 Å². The smallest absolute Gasteiger partial charge is 0.220 e. The Bertz CT molecular complexity index is 438. The average Bonchev–Trinajstić information content (AvgIpc) is 2.55. The lowest BCUT2D eigenvalue weighted by atomic mass is 9.99. The Morgan fingerprint density at radius 1 is 1.14 bits per heavy atom. The minimum absolute atomic E-state index is 0.173. The van der Waals surface area contributed by atoms with Crippen molar-refractivity contribution in [1.82, 2.24) is 10.2 Å². The molecule has 1 amide bonds. The van der Waals surface area contributed by atoms with E-state index in [1.54, 1.807) is 0 Å². The fourth-order valence-corrected chi connectivity index (χ4v) is 3.25. The number of carbonyl (C=O) groups excluding carboxylic acids is 1. The SMILES string of the molecule is CC(C)C(CNC(=O)CCc1ccccc1)N1CCCCC1. The Balaban J connectivity index is 1.75. The number of hydrogen-bond donors (Lipinski definition) is 1. The van der Waals surface area contributed by atoms with E-state index in [-0.39, 0.29) is 5.91 Å². The van der Waals surface area contributed by atoms with E-state index in [1.807, 2.05) is 18.2 Å². The van der Waals surface area contributed by atoms with Gasteiger partial charge in [0.05, 0.1) is 0 Å². The predicted molar refractivity (Wildman–Crippen MR) is 91.8 cm³/mol. The van der Waals surface area contributed by atoms with Crippen LogP contribution in [0.2, 0.25) is 0 Å². The fourth-order valence-electron chi connectivity index (χ4n) is 3.25. The van der Waals surface area contributed by atoms with Crippen LogP contribution in [0.5, 0.6) is 0 Å². The molecule has 122 valence electrons. The highest BCUT2D eigenvalue weighted by Gasteiger charge is 2.23. The van der Waals surface area contributed by atoms with Crippen LogP contribution in [-0.2, 0) is 11.2 Å². The zero-order chi connectivity index (χ0) is 15.8. The van der Waals surface area contributed by atoms with Crippen molar-refractivity contribution in [2.45, 2.75) is 52.0 Å². The van der Waals surface area contributed by atoms with Gasteiger partial charge in [-0.15, -0.1) is 0 Å². The Morgan fingerprint density at radius 2 is 1.82 bits per heavy atom. The van der Waals surface area contributed by atoms with Crippen LogP contribution in [0.4, 0.5) is 0 Å². The molecule has 3 nitrogen and oxygen atoms in total. The van der Waals surface area contributed by atoms with E-state index in [0.29, 0.717) is 18.4 Å². The van der Waals surface area contributed by atoms with E-state index in [9.17, 15) is 4.79 Å². The maximum atomic E-state index is 12.1. The molecule has 1 aromatic rings. The molecule has 1 N–H and O–H groups in total. The lowest BCUT2D eigenvalue weighted by Gasteiger charge is -2.37. The molecule has 3 heteroatoms. The lowest BCUT2D eigenvalue weighted by Crippen LogP contribution is -2.48. The summed E-state index contributed by atoms with van der Waals surface area (Å²) in [5, 5.41) is 3.15. The minimum Gasteiger partial charge on any atom is -0.355 e. The Morgan fingerprint density at radius 3 is 2.45 bits per heavy atom. The van der Waals surface area contributed by atoms with Crippen molar-refractivity contribution in [2.75, 3.05) is 19.6 Å². The number of aryl methyl sites for hydroxylation is 1. The lowest BCUT2D eigenvalue weighted by molar-refractivity contribution is -0.121. The number of rotatable bonds is 7. The third-order valence-corrected chi connectivity index (χ3v) is 4.62. The number of nitrogens with one attached hydrogen (secondary N) is 1. The van der Waals surface area contributed by atoms with Gasteiger partial charge in [0.25, 0.3) is 0 Å². The molecule has 0 bridgehead atoms. The van der Waals surface area contributed by atoms with Gasteiger partial charge in [0, 0.05) is 19.0 Å². The normalized spacial score (nSPS) is 17.4. The molecular formula is C19H30N2O. The highest BCUT2D eigenvalue weighted by Crippen LogP contribution is 2.17. The average molecular weight is 302 g/mol. The standard InChI is InChI=1S/C19H30N2O/c1-16(2)18(21-13-7-4-8-14-21)15-20-19(22)12-11-17-9-5-3-6-10-17/h3,5-6,9-10,16,18H,4,7-8,11-15H2,1-2H3,(H,20,22). The number of nitrogens with zero attached hydrogens (tertiary/aromatic N) is 1. The maximum Gasteiger partial charge on any atom is 0.220 e. The number of likely N-dealkylation sites (tertiary alicyclic amines) is 1. The number of benzene rings is 1. The summed E-state index contributed by atoms with van der Waals surface area (Å²) in [5.41, 5.74) is 1.23. The molecule has 0 aromatic heterocycles. The Labute approximate surface area is 135 Å². The zero-order valence-corrected chi connectivity index (χ0v) is 14.1. The van der Waals surface area contributed by atoms with Crippen molar-refractivity contribution in [1.29, 1.82) is 0 Å². The molecular weight excluding hydrogens is 272 g/mol. The van der Waals surface area contributed by atoms with Crippen LogP contribution in [0.3, 0.4) is 0 Å². The van der Waals surface area contributed by atoms with Crippen molar-refractivity contribution < 1.29 is 4.79 Å². The second-order valence-electron chi connectivity index (χ2n) is 6.70. The molecule has 0 spiro atoms. The molecule has 1 unspecified atom stereocenters. The topological polar surface area (TPSA) is 32.3 Å². The van der Waals surface area contributed by atoms with E-state index in [0.717, 1.165) is 13.0 Å². The van der Waals surface area contributed by atoms with E-state index in [1.165, 1.54) is 37.9 Å². The molecule has 1 aliphatic heterocycles. The molecule has 2 rings (SSSR count). The largest absolute Gasteiger partial charge is 0.355 e. The van der Waals surface area contributed by atoms with Gasteiger partial charge in [0.2, 0.25) is 5.91 Å². The van der Waals surface area contributed by atoms with Crippen LogP contribution in [-0.4, -0.2) is 36.5 Å². The summed E-state index contributed by atoms with van der Waals surface area (Å²) in [5.74, 6) is 0.749. The summed E-state index contributed by atoms with van der Waals surface area (Å²) in [6, 6.07) is 10.7. The van der Waals surface area contributed by atoms with Crippen LogP contribution in [0.15, 0.2) is 30.3 Å². The van der Waals surface area contributed by atoms with Crippen molar-refractivity contribution in [2.24, 2.45) is 5.92 Å². The van der Waals surface area contributed by atoms with Crippen LogP contribution in [0.1, 0.15) is 45.1 Å². The van der Waals surface area contributed by atoms with Gasteiger partial charge in [-0.25, -0.2) is 0 Å². The summed E-state index contributed by atoms with van der Waals surface area (Å²) in [6.45, 7) is 7.67. The molecule has 1 atom stereocenters. The summed E-state index contributed by atoms with van der Waals surface area (Å²) in [6.07, 6.45) is 5.35. The quantitative estimate of drug-likeness (QED) is 0.838. The highest BCUT2D eigenvalue weighted by atomic mass is 16.1. The van der Waals surface area contributed by atoms with Gasteiger partial charge in [-0.3, -0.25) is 9.69 Å².